The predicted molar refractivity (Wildman–Crippen MR) is 82.6 cm³/mol. The largest absolute Gasteiger partial charge is 0.338 e. The van der Waals surface area contributed by atoms with Gasteiger partial charge in [-0.25, -0.2) is 4.39 Å². The van der Waals surface area contributed by atoms with Crippen LogP contribution in [0.5, 0.6) is 0 Å². The summed E-state index contributed by atoms with van der Waals surface area (Å²) in [5.74, 6) is -0.0220. The van der Waals surface area contributed by atoms with Crippen LogP contribution in [0.15, 0.2) is 24.3 Å². The number of carbonyl (C=O) groups is 1. The lowest BCUT2D eigenvalue weighted by molar-refractivity contribution is -0.138. The third-order valence-corrected chi connectivity index (χ3v) is 3.98. The summed E-state index contributed by atoms with van der Waals surface area (Å²) < 4.78 is 12.9. The van der Waals surface area contributed by atoms with E-state index in [0.717, 1.165) is 31.4 Å². The van der Waals surface area contributed by atoms with Gasteiger partial charge < -0.3 is 10.2 Å². The highest BCUT2D eigenvalue weighted by atomic mass is 19.1. The molecule has 0 aliphatic carbocycles. The highest BCUT2D eigenvalue weighted by molar-refractivity contribution is 5.83. The van der Waals surface area contributed by atoms with Crippen molar-refractivity contribution in [2.75, 3.05) is 6.54 Å². The molecule has 1 amide bonds. The molecule has 1 aromatic rings. The van der Waals surface area contributed by atoms with Crippen LogP contribution in [0.25, 0.3) is 0 Å². The lowest BCUT2D eigenvalue weighted by Gasteiger charge is -2.37. The molecule has 1 saturated heterocycles. The lowest BCUT2D eigenvalue weighted by Crippen LogP contribution is -2.55. The van der Waals surface area contributed by atoms with Crippen molar-refractivity contribution in [1.82, 2.24) is 10.2 Å². The SMILES string of the molecule is CC(C)NC1CCCN(C(C)Cc2ccc(F)cc2)C1=O. The summed E-state index contributed by atoms with van der Waals surface area (Å²) in [6.07, 6.45) is 2.71. The maximum absolute atomic E-state index is 12.9. The molecule has 2 unspecified atom stereocenters. The van der Waals surface area contributed by atoms with E-state index in [1.807, 2.05) is 4.90 Å². The molecule has 0 saturated carbocycles. The average Bonchev–Trinajstić information content (AvgIpc) is 2.43. The van der Waals surface area contributed by atoms with Crippen LogP contribution in [0.3, 0.4) is 0 Å². The number of hydrogen-bond acceptors (Lipinski definition) is 2. The summed E-state index contributed by atoms with van der Waals surface area (Å²) in [4.78, 5) is 14.5. The van der Waals surface area contributed by atoms with Crippen LogP contribution in [0.4, 0.5) is 4.39 Å². The van der Waals surface area contributed by atoms with Crippen LogP contribution in [0, 0.1) is 5.82 Å². The summed E-state index contributed by atoms with van der Waals surface area (Å²) in [5.41, 5.74) is 1.07. The monoisotopic (exact) mass is 292 g/mol. The van der Waals surface area contributed by atoms with Crippen molar-refractivity contribution >= 4 is 5.91 Å². The molecule has 1 heterocycles. The molecule has 0 aromatic heterocycles. The van der Waals surface area contributed by atoms with Crippen molar-refractivity contribution in [2.45, 2.75) is 58.2 Å². The van der Waals surface area contributed by atoms with Gasteiger partial charge in [-0.1, -0.05) is 26.0 Å². The molecule has 1 fully saturated rings. The predicted octanol–water partition coefficient (Wildman–Crippen LogP) is 2.75. The summed E-state index contributed by atoms with van der Waals surface area (Å²) >= 11 is 0. The number of amides is 1. The molecule has 1 N–H and O–H groups in total. The second-order valence-corrected chi connectivity index (χ2v) is 6.23. The lowest BCUT2D eigenvalue weighted by atomic mass is 9.99. The Morgan fingerprint density at radius 3 is 2.57 bits per heavy atom. The Balaban J connectivity index is 1.99. The summed E-state index contributed by atoms with van der Waals surface area (Å²) in [6.45, 7) is 7.01. The molecule has 21 heavy (non-hydrogen) atoms. The van der Waals surface area contributed by atoms with Gasteiger partial charge in [0.25, 0.3) is 0 Å². The maximum Gasteiger partial charge on any atom is 0.239 e. The molecule has 116 valence electrons. The van der Waals surface area contributed by atoms with E-state index in [2.05, 4.69) is 26.1 Å². The van der Waals surface area contributed by atoms with Gasteiger partial charge in [-0.3, -0.25) is 4.79 Å². The smallest absolute Gasteiger partial charge is 0.239 e. The van der Waals surface area contributed by atoms with Crippen molar-refractivity contribution in [1.29, 1.82) is 0 Å². The molecule has 0 spiro atoms. The van der Waals surface area contributed by atoms with Crippen LogP contribution >= 0.6 is 0 Å². The minimum Gasteiger partial charge on any atom is -0.338 e. The minimum absolute atomic E-state index is 0.0607. The second kappa shape index (κ2) is 7.03. The van der Waals surface area contributed by atoms with Crippen molar-refractivity contribution in [2.24, 2.45) is 0 Å². The fourth-order valence-corrected chi connectivity index (χ4v) is 2.97. The van der Waals surface area contributed by atoms with Gasteiger partial charge in [0.2, 0.25) is 5.91 Å². The Bertz CT molecular complexity index is 472. The Kier molecular flexibility index (Phi) is 5.34. The standard InChI is InChI=1S/C17H25FN2O/c1-12(2)19-16-5-4-10-20(17(16)21)13(3)11-14-6-8-15(18)9-7-14/h6-9,12-13,16,19H,4-5,10-11H2,1-3H3. The Morgan fingerprint density at radius 1 is 1.29 bits per heavy atom. The van der Waals surface area contributed by atoms with Crippen LogP contribution in [0.2, 0.25) is 0 Å². The average molecular weight is 292 g/mol. The van der Waals surface area contributed by atoms with Crippen molar-refractivity contribution in [3.63, 3.8) is 0 Å². The highest BCUT2D eigenvalue weighted by Gasteiger charge is 2.31. The summed E-state index contributed by atoms with van der Waals surface area (Å²) in [6, 6.07) is 6.93. The molecule has 2 rings (SSSR count). The first-order chi connectivity index (χ1) is 9.97. The van der Waals surface area contributed by atoms with E-state index in [9.17, 15) is 9.18 Å². The first kappa shape index (κ1) is 16.0. The van der Waals surface area contributed by atoms with Gasteiger partial charge in [0.05, 0.1) is 6.04 Å². The Labute approximate surface area is 126 Å². The molecule has 4 heteroatoms. The van der Waals surface area contributed by atoms with E-state index in [4.69, 9.17) is 0 Å². The van der Waals surface area contributed by atoms with Crippen LogP contribution in [0.1, 0.15) is 39.2 Å². The number of likely N-dealkylation sites (tertiary alicyclic amines) is 1. The van der Waals surface area contributed by atoms with E-state index < -0.39 is 0 Å². The third-order valence-electron chi connectivity index (χ3n) is 3.98. The molecular formula is C17H25FN2O. The molecule has 3 nitrogen and oxygen atoms in total. The fraction of sp³-hybridized carbons (Fsp3) is 0.588. The van der Waals surface area contributed by atoms with Gasteiger partial charge in [0.1, 0.15) is 5.82 Å². The molecule has 1 aromatic carbocycles. The molecule has 1 aliphatic heterocycles. The maximum atomic E-state index is 12.9. The van der Waals surface area contributed by atoms with Gasteiger partial charge in [0, 0.05) is 18.6 Å². The van der Waals surface area contributed by atoms with Crippen LogP contribution in [-0.2, 0) is 11.2 Å². The van der Waals surface area contributed by atoms with E-state index in [1.54, 1.807) is 12.1 Å². The number of piperidine rings is 1. The molecule has 0 radical (unpaired) electrons. The number of benzene rings is 1. The molecule has 1 aliphatic rings. The molecule has 2 atom stereocenters. The van der Waals surface area contributed by atoms with E-state index in [0.29, 0.717) is 6.04 Å². The van der Waals surface area contributed by atoms with Gasteiger partial charge in [0.15, 0.2) is 0 Å². The second-order valence-electron chi connectivity index (χ2n) is 6.23. The van der Waals surface area contributed by atoms with Gasteiger partial charge in [-0.05, 0) is 43.9 Å². The minimum atomic E-state index is -0.221. The zero-order chi connectivity index (χ0) is 15.4. The third kappa shape index (κ3) is 4.27. The van der Waals surface area contributed by atoms with Crippen molar-refractivity contribution in [3.8, 4) is 0 Å². The number of carbonyl (C=O) groups excluding carboxylic acids is 1. The molecule has 0 bridgehead atoms. The number of nitrogens with zero attached hydrogens (tertiary/aromatic N) is 1. The zero-order valence-electron chi connectivity index (χ0n) is 13.1. The van der Waals surface area contributed by atoms with Crippen LogP contribution in [-0.4, -0.2) is 35.5 Å². The van der Waals surface area contributed by atoms with Crippen LogP contribution < -0.4 is 5.32 Å². The van der Waals surface area contributed by atoms with Crippen molar-refractivity contribution in [3.05, 3.63) is 35.6 Å². The van der Waals surface area contributed by atoms with Crippen molar-refractivity contribution < 1.29 is 9.18 Å². The van der Waals surface area contributed by atoms with Gasteiger partial charge in [-0.2, -0.15) is 0 Å². The normalized spacial score (nSPS) is 20.9. The topological polar surface area (TPSA) is 32.3 Å². The first-order valence-electron chi connectivity index (χ1n) is 7.78. The number of halogens is 1. The number of nitrogens with one attached hydrogen (secondary N) is 1. The first-order valence-corrected chi connectivity index (χ1v) is 7.78. The number of hydrogen-bond donors (Lipinski definition) is 1. The summed E-state index contributed by atoms with van der Waals surface area (Å²) in [5, 5.41) is 3.35. The quantitative estimate of drug-likeness (QED) is 0.905. The van der Waals surface area contributed by atoms with E-state index in [1.165, 1.54) is 12.1 Å². The van der Waals surface area contributed by atoms with E-state index in [-0.39, 0.29) is 23.8 Å². The zero-order valence-corrected chi connectivity index (χ0v) is 13.1. The fourth-order valence-electron chi connectivity index (χ4n) is 2.97. The Morgan fingerprint density at radius 2 is 1.95 bits per heavy atom. The molecular weight excluding hydrogens is 267 g/mol. The summed E-state index contributed by atoms with van der Waals surface area (Å²) in [7, 11) is 0. The highest BCUT2D eigenvalue weighted by Crippen LogP contribution is 2.18. The van der Waals surface area contributed by atoms with E-state index >= 15 is 0 Å². The van der Waals surface area contributed by atoms with Gasteiger partial charge >= 0.3 is 0 Å². The Hall–Kier alpha value is -1.42. The number of rotatable bonds is 5. The van der Waals surface area contributed by atoms with Gasteiger partial charge in [-0.15, -0.1) is 0 Å².